The highest BCUT2D eigenvalue weighted by Gasteiger charge is 2.16. The molecule has 0 amide bonds. The van der Waals surface area contributed by atoms with E-state index in [4.69, 9.17) is 4.74 Å². The van der Waals surface area contributed by atoms with Gasteiger partial charge in [-0.1, -0.05) is 15.9 Å². The van der Waals surface area contributed by atoms with Crippen LogP contribution in [0.4, 0.5) is 0 Å². The Kier molecular flexibility index (Phi) is 4.49. The molecule has 0 heterocycles. The number of ether oxygens (including phenoxy) is 2. The summed E-state index contributed by atoms with van der Waals surface area (Å²) in [6, 6.07) is 4.99. The molecule has 5 heteroatoms. The normalized spacial score (nSPS) is 9.69. The van der Waals surface area contributed by atoms with Crippen LogP contribution in [0.15, 0.2) is 22.7 Å². The zero-order chi connectivity index (χ0) is 12.1. The lowest BCUT2D eigenvalue weighted by molar-refractivity contribution is -0.139. The van der Waals surface area contributed by atoms with Crippen molar-refractivity contribution >= 4 is 27.7 Å². The van der Waals surface area contributed by atoms with E-state index < -0.39 is 5.97 Å². The first-order chi connectivity index (χ1) is 7.58. The van der Waals surface area contributed by atoms with Crippen molar-refractivity contribution < 1.29 is 19.1 Å². The second kappa shape index (κ2) is 5.65. The summed E-state index contributed by atoms with van der Waals surface area (Å²) in [6.45, 7) is 0. The van der Waals surface area contributed by atoms with Gasteiger partial charge in [-0.25, -0.2) is 0 Å². The summed E-state index contributed by atoms with van der Waals surface area (Å²) in [7, 11) is 2.71. The van der Waals surface area contributed by atoms with Gasteiger partial charge in [-0.2, -0.15) is 0 Å². The van der Waals surface area contributed by atoms with E-state index in [9.17, 15) is 9.59 Å². The Morgan fingerprint density at radius 2 is 2.00 bits per heavy atom. The van der Waals surface area contributed by atoms with Gasteiger partial charge in [-0.15, -0.1) is 0 Å². The van der Waals surface area contributed by atoms with Crippen molar-refractivity contribution in [2.45, 2.75) is 6.42 Å². The minimum Gasteiger partial charge on any atom is -0.496 e. The van der Waals surface area contributed by atoms with Crippen molar-refractivity contribution in [3.63, 3.8) is 0 Å². The number of carbonyl (C=O) groups excluding carboxylic acids is 2. The lowest BCUT2D eigenvalue weighted by atomic mass is 10.1. The summed E-state index contributed by atoms with van der Waals surface area (Å²) >= 11 is 3.27. The molecular formula is C11H11BrO4. The summed E-state index contributed by atoms with van der Waals surface area (Å²) < 4.78 is 10.3. The van der Waals surface area contributed by atoms with Gasteiger partial charge in [0.2, 0.25) is 0 Å². The molecule has 0 unspecified atom stereocenters. The molecule has 0 aliphatic carbocycles. The summed E-state index contributed by atoms with van der Waals surface area (Å²) in [5.74, 6) is -0.450. The highest BCUT2D eigenvalue weighted by molar-refractivity contribution is 9.10. The van der Waals surface area contributed by atoms with Gasteiger partial charge >= 0.3 is 5.97 Å². The fourth-order valence-corrected chi connectivity index (χ4v) is 1.53. The average Bonchev–Trinajstić information content (AvgIpc) is 2.28. The largest absolute Gasteiger partial charge is 0.496 e. The Bertz CT molecular complexity index is 414. The number of hydrogen-bond donors (Lipinski definition) is 0. The monoisotopic (exact) mass is 286 g/mol. The Morgan fingerprint density at radius 1 is 1.31 bits per heavy atom. The molecule has 0 fully saturated rings. The third-order valence-electron chi connectivity index (χ3n) is 2.00. The number of rotatable bonds is 4. The third kappa shape index (κ3) is 3.06. The maximum absolute atomic E-state index is 11.7. The van der Waals surface area contributed by atoms with Gasteiger partial charge in [-0.05, 0) is 18.2 Å². The summed E-state index contributed by atoms with van der Waals surface area (Å²) in [4.78, 5) is 22.7. The molecule has 0 saturated carbocycles. The number of methoxy groups -OCH3 is 2. The molecule has 0 aromatic heterocycles. The molecule has 86 valence electrons. The highest BCUT2D eigenvalue weighted by Crippen LogP contribution is 2.24. The number of carbonyl (C=O) groups is 2. The molecule has 0 aliphatic heterocycles. The maximum Gasteiger partial charge on any atom is 0.313 e. The van der Waals surface area contributed by atoms with Crippen LogP contribution in [0.2, 0.25) is 0 Å². The molecule has 4 nitrogen and oxygen atoms in total. The molecule has 0 radical (unpaired) electrons. The minimum absolute atomic E-state index is 0.283. The van der Waals surface area contributed by atoms with E-state index in [1.165, 1.54) is 14.2 Å². The van der Waals surface area contributed by atoms with Crippen LogP contribution in [-0.2, 0) is 9.53 Å². The van der Waals surface area contributed by atoms with Gasteiger partial charge in [0, 0.05) is 4.47 Å². The summed E-state index contributed by atoms with van der Waals surface area (Å²) in [6.07, 6.45) is -0.283. The molecule has 1 aromatic rings. The second-order valence-electron chi connectivity index (χ2n) is 3.02. The Hall–Kier alpha value is -1.36. The van der Waals surface area contributed by atoms with E-state index in [2.05, 4.69) is 20.7 Å². The minimum atomic E-state index is -0.560. The number of Topliss-reactive ketones (excluding diaryl/α,β-unsaturated/α-hetero) is 1. The van der Waals surface area contributed by atoms with Crippen LogP contribution >= 0.6 is 15.9 Å². The maximum atomic E-state index is 11.7. The SMILES string of the molecule is COC(=O)CC(=O)c1ccc(Br)cc1OC. The van der Waals surface area contributed by atoms with Crippen molar-refractivity contribution in [1.29, 1.82) is 0 Å². The van der Waals surface area contributed by atoms with E-state index in [0.29, 0.717) is 11.3 Å². The van der Waals surface area contributed by atoms with Crippen molar-refractivity contribution in [3.8, 4) is 5.75 Å². The van der Waals surface area contributed by atoms with Crippen LogP contribution in [0.3, 0.4) is 0 Å². The quantitative estimate of drug-likeness (QED) is 0.484. The summed E-state index contributed by atoms with van der Waals surface area (Å²) in [5.41, 5.74) is 0.371. The zero-order valence-corrected chi connectivity index (χ0v) is 10.5. The number of halogens is 1. The number of esters is 1. The van der Waals surface area contributed by atoms with Gasteiger partial charge in [0.05, 0.1) is 19.8 Å². The molecule has 16 heavy (non-hydrogen) atoms. The van der Waals surface area contributed by atoms with Gasteiger partial charge in [-0.3, -0.25) is 9.59 Å². The number of hydrogen-bond acceptors (Lipinski definition) is 4. The molecule has 0 bridgehead atoms. The van der Waals surface area contributed by atoms with Crippen LogP contribution in [0.25, 0.3) is 0 Å². The van der Waals surface area contributed by atoms with Crippen molar-refractivity contribution in [2.24, 2.45) is 0 Å². The molecule has 0 aliphatic rings. The summed E-state index contributed by atoms with van der Waals surface area (Å²) in [5, 5.41) is 0. The lowest BCUT2D eigenvalue weighted by Crippen LogP contribution is -2.10. The highest BCUT2D eigenvalue weighted by atomic mass is 79.9. The average molecular weight is 287 g/mol. The molecule has 0 N–H and O–H groups in total. The first-order valence-corrected chi connectivity index (χ1v) is 5.31. The fourth-order valence-electron chi connectivity index (χ4n) is 1.19. The van der Waals surface area contributed by atoms with E-state index in [1.54, 1.807) is 18.2 Å². The number of benzene rings is 1. The topological polar surface area (TPSA) is 52.6 Å². The van der Waals surface area contributed by atoms with Crippen molar-refractivity contribution in [1.82, 2.24) is 0 Å². The fraction of sp³-hybridized carbons (Fsp3) is 0.273. The van der Waals surface area contributed by atoms with Gasteiger partial charge in [0.25, 0.3) is 0 Å². The zero-order valence-electron chi connectivity index (χ0n) is 8.95. The third-order valence-corrected chi connectivity index (χ3v) is 2.49. The Balaban J connectivity index is 2.94. The molecule has 1 rings (SSSR count). The van der Waals surface area contributed by atoms with Crippen LogP contribution in [0.1, 0.15) is 16.8 Å². The molecule has 0 spiro atoms. The van der Waals surface area contributed by atoms with Crippen LogP contribution in [0.5, 0.6) is 5.75 Å². The van der Waals surface area contributed by atoms with E-state index in [0.717, 1.165) is 4.47 Å². The molecule has 1 aromatic carbocycles. The van der Waals surface area contributed by atoms with E-state index in [1.807, 2.05) is 0 Å². The molecule has 0 saturated heterocycles. The van der Waals surface area contributed by atoms with Crippen molar-refractivity contribution in [2.75, 3.05) is 14.2 Å². The lowest BCUT2D eigenvalue weighted by Gasteiger charge is -2.07. The smallest absolute Gasteiger partial charge is 0.313 e. The van der Waals surface area contributed by atoms with E-state index in [-0.39, 0.29) is 12.2 Å². The van der Waals surface area contributed by atoms with Gasteiger partial charge < -0.3 is 9.47 Å². The van der Waals surface area contributed by atoms with Crippen LogP contribution < -0.4 is 4.74 Å². The van der Waals surface area contributed by atoms with Gasteiger partial charge in [0.1, 0.15) is 12.2 Å². The predicted octanol–water partition coefficient (Wildman–Crippen LogP) is 2.20. The standard InChI is InChI=1S/C11H11BrO4/c1-15-10-5-7(12)3-4-8(10)9(13)6-11(14)16-2/h3-5H,6H2,1-2H3. The first kappa shape index (κ1) is 12.7. The van der Waals surface area contributed by atoms with Crippen molar-refractivity contribution in [3.05, 3.63) is 28.2 Å². The predicted molar refractivity (Wildman–Crippen MR) is 61.7 cm³/mol. The van der Waals surface area contributed by atoms with E-state index >= 15 is 0 Å². The Labute approximate surface area is 102 Å². The van der Waals surface area contributed by atoms with Crippen LogP contribution in [0, 0.1) is 0 Å². The second-order valence-corrected chi connectivity index (χ2v) is 3.94. The molecule has 0 atom stereocenters. The van der Waals surface area contributed by atoms with Crippen LogP contribution in [-0.4, -0.2) is 26.0 Å². The number of ketones is 1. The first-order valence-electron chi connectivity index (χ1n) is 4.52. The van der Waals surface area contributed by atoms with Gasteiger partial charge in [0.15, 0.2) is 5.78 Å². The Morgan fingerprint density at radius 3 is 2.56 bits per heavy atom. The molecular weight excluding hydrogens is 276 g/mol.